The van der Waals surface area contributed by atoms with Gasteiger partial charge in [0.25, 0.3) is 15.9 Å². The molecule has 174 valence electrons. The van der Waals surface area contributed by atoms with Crippen LogP contribution in [0.15, 0.2) is 70.3 Å². The highest BCUT2D eigenvalue weighted by Gasteiger charge is 2.22. The molecule has 0 atom stereocenters. The van der Waals surface area contributed by atoms with Crippen molar-refractivity contribution in [2.45, 2.75) is 4.21 Å². The maximum absolute atomic E-state index is 12.6. The van der Waals surface area contributed by atoms with Crippen LogP contribution in [0.5, 0.6) is 5.75 Å². The van der Waals surface area contributed by atoms with Gasteiger partial charge in [0.2, 0.25) is 5.91 Å². The number of carbonyl (C=O) groups is 2. The Morgan fingerprint density at radius 3 is 2.15 bits per heavy atom. The Balaban J connectivity index is 1.54. The third kappa shape index (κ3) is 6.54. The summed E-state index contributed by atoms with van der Waals surface area (Å²) in [7, 11) is -0.721. The zero-order valence-corrected chi connectivity index (χ0v) is 19.6. The molecule has 9 nitrogen and oxygen atoms in total. The second-order valence-electron chi connectivity index (χ2n) is 6.80. The van der Waals surface area contributed by atoms with Crippen LogP contribution >= 0.6 is 11.3 Å². The zero-order valence-electron chi connectivity index (χ0n) is 18.0. The van der Waals surface area contributed by atoms with Crippen LogP contribution in [0.1, 0.15) is 0 Å². The van der Waals surface area contributed by atoms with Gasteiger partial charge in [-0.2, -0.15) is 0 Å². The van der Waals surface area contributed by atoms with E-state index in [-0.39, 0.29) is 23.3 Å². The summed E-state index contributed by atoms with van der Waals surface area (Å²) < 4.78 is 36.9. The number of hydrogen-bond donors (Lipinski definition) is 2. The lowest BCUT2D eigenvalue weighted by atomic mass is 10.2. The Morgan fingerprint density at radius 1 is 0.939 bits per heavy atom. The highest BCUT2D eigenvalue weighted by Crippen LogP contribution is 2.26. The molecule has 2 amide bonds. The van der Waals surface area contributed by atoms with E-state index < -0.39 is 15.9 Å². The molecule has 0 unspecified atom stereocenters. The third-order valence-electron chi connectivity index (χ3n) is 4.39. The van der Waals surface area contributed by atoms with Crippen molar-refractivity contribution in [3.8, 4) is 5.75 Å². The molecule has 0 aliphatic rings. The largest absolute Gasteiger partial charge is 0.484 e. The van der Waals surface area contributed by atoms with Gasteiger partial charge < -0.3 is 20.1 Å². The lowest BCUT2D eigenvalue weighted by molar-refractivity contribution is -0.119. The number of anilines is 3. The van der Waals surface area contributed by atoms with Gasteiger partial charge in [-0.3, -0.25) is 13.9 Å². The number of rotatable bonds is 10. The van der Waals surface area contributed by atoms with Crippen LogP contribution in [0.4, 0.5) is 17.1 Å². The fraction of sp³-hybridized carbons (Fsp3) is 0.182. The van der Waals surface area contributed by atoms with E-state index in [1.807, 2.05) is 0 Å². The van der Waals surface area contributed by atoms with Crippen molar-refractivity contribution in [1.82, 2.24) is 0 Å². The van der Waals surface area contributed by atoms with Crippen molar-refractivity contribution < 1.29 is 27.5 Å². The van der Waals surface area contributed by atoms with Gasteiger partial charge in [0.1, 0.15) is 16.6 Å². The Hall–Kier alpha value is -3.41. The smallest absolute Gasteiger partial charge is 0.273 e. The summed E-state index contributed by atoms with van der Waals surface area (Å²) in [4.78, 5) is 23.8. The number of benzene rings is 2. The Kier molecular flexibility index (Phi) is 8.04. The van der Waals surface area contributed by atoms with Gasteiger partial charge in [0.15, 0.2) is 6.61 Å². The van der Waals surface area contributed by atoms with Crippen LogP contribution in [-0.2, 0) is 24.3 Å². The van der Waals surface area contributed by atoms with E-state index in [0.29, 0.717) is 22.8 Å². The first-order chi connectivity index (χ1) is 15.8. The molecule has 2 aromatic carbocycles. The zero-order chi connectivity index (χ0) is 23.8. The number of amides is 2. The van der Waals surface area contributed by atoms with Gasteiger partial charge in [-0.05, 0) is 53.9 Å². The maximum atomic E-state index is 12.6. The summed E-state index contributed by atoms with van der Waals surface area (Å²) >= 11 is 1.15. The van der Waals surface area contributed by atoms with Crippen molar-refractivity contribution >= 4 is 50.2 Å². The van der Waals surface area contributed by atoms with Gasteiger partial charge in [0.05, 0.1) is 5.69 Å². The molecule has 2 N–H and O–H groups in total. The number of nitrogens with zero attached hydrogens (tertiary/aromatic N) is 1. The molecule has 0 bridgehead atoms. The molecule has 0 aliphatic heterocycles. The highest BCUT2D eigenvalue weighted by molar-refractivity contribution is 7.94. The second kappa shape index (κ2) is 10.9. The number of sulfonamides is 1. The summed E-state index contributed by atoms with van der Waals surface area (Å²) in [6.07, 6.45) is 0. The number of hydrogen-bond acceptors (Lipinski definition) is 7. The quantitative estimate of drug-likeness (QED) is 0.452. The summed E-state index contributed by atoms with van der Waals surface area (Å²) in [5.41, 5.74) is 1.48. The third-order valence-corrected chi connectivity index (χ3v) is 7.54. The molecular weight excluding hydrogens is 466 g/mol. The monoisotopic (exact) mass is 489 g/mol. The van der Waals surface area contributed by atoms with E-state index in [1.54, 1.807) is 66.0 Å². The molecule has 0 aliphatic carbocycles. The molecule has 0 saturated heterocycles. The molecule has 33 heavy (non-hydrogen) atoms. The highest BCUT2D eigenvalue weighted by atomic mass is 32.2. The van der Waals surface area contributed by atoms with Gasteiger partial charge >= 0.3 is 0 Å². The molecule has 3 rings (SSSR count). The van der Waals surface area contributed by atoms with E-state index in [4.69, 9.17) is 9.47 Å². The lowest BCUT2D eigenvalue weighted by Gasteiger charge is -2.18. The number of carbonyl (C=O) groups excluding carboxylic acids is 2. The summed E-state index contributed by atoms with van der Waals surface area (Å²) in [6.45, 7) is -0.318. The van der Waals surface area contributed by atoms with Crippen LogP contribution in [-0.4, -0.2) is 47.6 Å². The van der Waals surface area contributed by atoms with Crippen molar-refractivity contribution in [3.63, 3.8) is 0 Å². The molecule has 1 heterocycles. The van der Waals surface area contributed by atoms with Crippen LogP contribution in [0.3, 0.4) is 0 Å². The first kappa shape index (κ1) is 24.2. The van der Waals surface area contributed by atoms with Crippen molar-refractivity contribution in [2.24, 2.45) is 0 Å². The number of methoxy groups -OCH3 is 1. The van der Waals surface area contributed by atoms with Crippen LogP contribution < -0.4 is 19.7 Å². The predicted octanol–water partition coefficient (Wildman–Crippen LogP) is 3.18. The number of ether oxygens (including phenoxy) is 2. The fourth-order valence-electron chi connectivity index (χ4n) is 2.79. The molecular formula is C22H23N3O6S2. The Bertz CT molecular complexity index is 1200. The van der Waals surface area contributed by atoms with Crippen molar-refractivity contribution in [1.29, 1.82) is 0 Å². The van der Waals surface area contributed by atoms with Crippen LogP contribution in [0.25, 0.3) is 0 Å². The van der Waals surface area contributed by atoms with E-state index in [1.165, 1.54) is 18.5 Å². The van der Waals surface area contributed by atoms with Crippen molar-refractivity contribution in [2.75, 3.05) is 42.3 Å². The van der Waals surface area contributed by atoms with Gasteiger partial charge in [-0.25, -0.2) is 8.42 Å². The first-order valence-electron chi connectivity index (χ1n) is 9.73. The van der Waals surface area contributed by atoms with E-state index in [9.17, 15) is 18.0 Å². The SMILES string of the molecule is COCC(=O)Nc1cccc(NC(=O)COc2ccc(N(C)S(=O)(=O)c3cccs3)cc2)c1. The number of nitrogens with one attached hydrogen (secondary N) is 2. The van der Waals surface area contributed by atoms with Gasteiger partial charge in [0, 0.05) is 25.5 Å². The van der Waals surface area contributed by atoms with Crippen LogP contribution in [0.2, 0.25) is 0 Å². The average Bonchev–Trinajstić information content (AvgIpc) is 3.34. The summed E-state index contributed by atoms with van der Waals surface area (Å²) in [5.74, 6) is -0.283. The second-order valence-corrected chi connectivity index (χ2v) is 9.94. The first-order valence-corrected chi connectivity index (χ1v) is 12.1. The minimum atomic E-state index is -3.62. The summed E-state index contributed by atoms with van der Waals surface area (Å²) in [6, 6.07) is 16.3. The predicted molar refractivity (Wildman–Crippen MR) is 127 cm³/mol. The molecule has 1 aromatic heterocycles. The topological polar surface area (TPSA) is 114 Å². The molecule has 0 radical (unpaired) electrons. The lowest BCUT2D eigenvalue weighted by Crippen LogP contribution is -2.25. The molecule has 0 fully saturated rings. The Morgan fingerprint density at radius 2 is 1.58 bits per heavy atom. The maximum Gasteiger partial charge on any atom is 0.273 e. The minimum absolute atomic E-state index is 0.0705. The molecule has 0 saturated carbocycles. The average molecular weight is 490 g/mol. The van der Waals surface area contributed by atoms with Gasteiger partial charge in [-0.15, -0.1) is 11.3 Å². The van der Waals surface area contributed by atoms with E-state index >= 15 is 0 Å². The molecule has 11 heteroatoms. The van der Waals surface area contributed by atoms with E-state index in [2.05, 4.69) is 10.6 Å². The fourth-order valence-corrected chi connectivity index (χ4v) is 5.14. The molecule has 3 aromatic rings. The van der Waals surface area contributed by atoms with E-state index in [0.717, 1.165) is 11.3 Å². The summed E-state index contributed by atoms with van der Waals surface area (Å²) in [5, 5.41) is 7.05. The minimum Gasteiger partial charge on any atom is -0.484 e. The standard InChI is InChI=1S/C22H23N3O6S2/c1-25(33(28,29)22-7-4-12-32-22)18-8-10-19(11-9-18)31-15-21(27)24-17-6-3-5-16(13-17)23-20(26)14-30-2/h3-13H,14-15H2,1-2H3,(H,23,26)(H,24,27). The Labute approximate surface area is 196 Å². The normalized spacial score (nSPS) is 11.0. The molecule has 0 spiro atoms. The number of thiophene rings is 1. The van der Waals surface area contributed by atoms with Gasteiger partial charge in [-0.1, -0.05) is 12.1 Å². The van der Waals surface area contributed by atoms with Crippen LogP contribution in [0, 0.1) is 0 Å². The van der Waals surface area contributed by atoms with Crippen molar-refractivity contribution in [3.05, 3.63) is 66.0 Å².